The molecule has 0 aliphatic carbocycles. The molecule has 112 valence electrons. The van der Waals surface area contributed by atoms with Crippen LogP contribution < -0.4 is 5.32 Å². The summed E-state index contributed by atoms with van der Waals surface area (Å²) in [6.07, 6.45) is 5.23. The van der Waals surface area contributed by atoms with Gasteiger partial charge < -0.3 is 10.1 Å². The largest absolute Gasteiger partial charge is 0.381 e. The van der Waals surface area contributed by atoms with E-state index in [1.165, 1.54) is 38.8 Å². The summed E-state index contributed by atoms with van der Waals surface area (Å²) in [5, 5.41) is 3.78. The molecule has 2 rings (SSSR count). The molecule has 0 amide bonds. The molecule has 19 heavy (non-hydrogen) atoms. The van der Waals surface area contributed by atoms with Crippen LogP contribution in [0.25, 0.3) is 0 Å². The van der Waals surface area contributed by atoms with Crippen LogP contribution in [0.3, 0.4) is 0 Å². The predicted molar refractivity (Wildman–Crippen MR) is 80.4 cm³/mol. The lowest BCUT2D eigenvalue weighted by Crippen LogP contribution is -2.48. The molecule has 3 unspecified atom stereocenters. The molecule has 0 bridgehead atoms. The van der Waals surface area contributed by atoms with Gasteiger partial charge in [-0.25, -0.2) is 0 Å². The van der Waals surface area contributed by atoms with E-state index in [-0.39, 0.29) is 0 Å². The van der Waals surface area contributed by atoms with E-state index in [0.29, 0.717) is 6.04 Å². The summed E-state index contributed by atoms with van der Waals surface area (Å²) in [5.41, 5.74) is 0. The third-order valence-electron chi connectivity index (χ3n) is 4.81. The molecule has 0 spiro atoms. The van der Waals surface area contributed by atoms with Crippen LogP contribution in [0, 0.1) is 11.8 Å². The van der Waals surface area contributed by atoms with E-state index in [1.807, 2.05) is 0 Å². The second kappa shape index (κ2) is 7.61. The maximum Gasteiger partial charge on any atom is 0.0510 e. The molecule has 0 radical (unpaired) electrons. The van der Waals surface area contributed by atoms with Crippen molar-refractivity contribution in [2.45, 2.75) is 58.5 Å². The molecule has 2 fully saturated rings. The number of hydrogen-bond donors (Lipinski definition) is 1. The fraction of sp³-hybridized carbons (Fsp3) is 1.00. The van der Waals surface area contributed by atoms with Gasteiger partial charge in [-0.05, 0) is 44.7 Å². The Morgan fingerprint density at radius 2 is 2.16 bits per heavy atom. The third kappa shape index (κ3) is 4.17. The highest BCUT2D eigenvalue weighted by Gasteiger charge is 2.32. The van der Waals surface area contributed by atoms with Gasteiger partial charge in [-0.1, -0.05) is 20.8 Å². The predicted octanol–water partition coefficient (Wildman–Crippen LogP) is 2.51. The quantitative estimate of drug-likeness (QED) is 0.768. The first-order valence-corrected chi connectivity index (χ1v) is 8.27. The van der Waals surface area contributed by atoms with E-state index in [9.17, 15) is 0 Å². The first kappa shape index (κ1) is 15.3. The van der Waals surface area contributed by atoms with Gasteiger partial charge in [-0.15, -0.1) is 0 Å². The van der Waals surface area contributed by atoms with Gasteiger partial charge in [-0.3, -0.25) is 4.90 Å². The van der Waals surface area contributed by atoms with Crippen LogP contribution in [-0.4, -0.2) is 49.8 Å². The molecule has 3 heteroatoms. The van der Waals surface area contributed by atoms with E-state index in [2.05, 4.69) is 31.0 Å². The second-order valence-corrected chi connectivity index (χ2v) is 6.63. The fourth-order valence-electron chi connectivity index (χ4n) is 3.67. The number of nitrogens with one attached hydrogen (secondary N) is 1. The molecule has 0 aromatic rings. The summed E-state index contributed by atoms with van der Waals surface area (Å²) in [5.74, 6) is 1.51. The number of likely N-dealkylation sites (tertiary alicyclic amines) is 1. The normalized spacial score (nSPS) is 30.3. The van der Waals surface area contributed by atoms with Crippen LogP contribution in [0.5, 0.6) is 0 Å². The Balaban J connectivity index is 1.90. The van der Waals surface area contributed by atoms with Gasteiger partial charge in [0.15, 0.2) is 0 Å². The Morgan fingerprint density at radius 3 is 2.79 bits per heavy atom. The molecule has 2 heterocycles. The minimum absolute atomic E-state index is 0.627. The smallest absolute Gasteiger partial charge is 0.0510 e. The van der Waals surface area contributed by atoms with E-state index in [1.54, 1.807) is 0 Å². The first-order chi connectivity index (χ1) is 9.22. The monoisotopic (exact) mass is 268 g/mol. The molecule has 2 aliphatic rings. The van der Waals surface area contributed by atoms with Crippen molar-refractivity contribution >= 4 is 0 Å². The zero-order valence-electron chi connectivity index (χ0n) is 13.0. The van der Waals surface area contributed by atoms with E-state index in [0.717, 1.165) is 37.6 Å². The average molecular weight is 268 g/mol. The van der Waals surface area contributed by atoms with Crippen molar-refractivity contribution in [3.8, 4) is 0 Å². The van der Waals surface area contributed by atoms with Crippen molar-refractivity contribution in [1.29, 1.82) is 0 Å². The van der Waals surface area contributed by atoms with Gasteiger partial charge in [0, 0.05) is 31.2 Å². The van der Waals surface area contributed by atoms with Crippen LogP contribution in [0.4, 0.5) is 0 Å². The Kier molecular flexibility index (Phi) is 6.11. The summed E-state index contributed by atoms with van der Waals surface area (Å²) in [6, 6.07) is 1.43. The van der Waals surface area contributed by atoms with Crippen molar-refractivity contribution in [2.24, 2.45) is 11.8 Å². The molecular weight excluding hydrogens is 236 g/mol. The lowest BCUT2D eigenvalue weighted by Gasteiger charge is -2.33. The van der Waals surface area contributed by atoms with Crippen LogP contribution in [0.2, 0.25) is 0 Å². The third-order valence-corrected chi connectivity index (χ3v) is 4.81. The van der Waals surface area contributed by atoms with Crippen molar-refractivity contribution in [2.75, 3.05) is 32.8 Å². The minimum Gasteiger partial charge on any atom is -0.381 e. The molecule has 1 N–H and O–H groups in total. The second-order valence-electron chi connectivity index (χ2n) is 6.63. The van der Waals surface area contributed by atoms with E-state index >= 15 is 0 Å². The average Bonchev–Trinajstić information content (AvgIpc) is 3.04. The van der Waals surface area contributed by atoms with Crippen LogP contribution in [-0.2, 0) is 4.74 Å². The topological polar surface area (TPSA) is 24.5 Å². The van der Waals surface area contributed by atoms with Crippen LogP contribution in [0.1, 0.15) is 46.5 Å². The molecule has 2 aliphatic heterocycles. The summed E-state index contributed by atoms with van der Waals surface area (Å²) in [7, 11) is 0. The van der Waals surface area contributed by atoms with E-state index in [4.69, 9.17) is 4.74 Å². The van der Waals surface area contributed by atoms with Gasteiger partial charge in [0.1, 0.15) is 0 Å². The van der Waals surface area contributed by atoms with Gasteiger partial charge >= 0.3 is 0 Å². The molecule has 3 nitrogen and oxygen atoms in total. The SMILES string of the molecule is CCCNC(CN1CCCC1C(C)C)C1CCOC1. The van der Waals surface area contributed by atoms with Crippen molar-refractivity contribution < 1.29 is 4.74 Å². The molecule has 3 atom stereocenters. The number of hydrogen-bond acceptors (Lipinski definition) is 3. The lowest BCUT2D eigenvalue weighted by atomic mass is 9.96. The maximum absolute atomic E-state index is 5.60. The standard InChI is InChI=1S/C16H32N2O/c1-4-8-17-15(14-7-10-19-12-14)11-18-9-5-6-16(18)13(2)3/h13-17H,4-12H2,1-3H3. The molecule has 0 saturated carbocycles. The highest BCUT2D eigenvalue weighted by molar-refractivity contribution is 4.88. The van der Waals surface area contributed by atoms with Crippen LogP contribution in [0.15, 0.2) is 0 Å². The Labute approximate surface area is 119 Å². The Bertz CT molecular complexity index is 251. The summed E-state index contributed by atoms with van der Waals surface area (Å²) < 4.78 is 5.60. The number of rotatable bonds is 7. The molecule has 0 aromatic heterocycles. The number of nitrogens with zero attached hydrogens (tertiary/aromatic N) is 1. The summed E-state index contributed by atoms with van der Waals surface area (Å²) >= 11 is 0. The summed E-state index contributed by atoms with van der Waals surface area (Å²) in [4.78, 5) is 2.73. The zero-order chi connectivity index (χ0) is 13.7. The molecular formula is C16H32N2O. The van der Waals surface area contributed by atoms with Crippen molar-refractivity contribution in [1.82, 2.24) is 10.2 Å². The fourth-order valence-corrected chi connectivity index (χ4v) is 3.67. The molecule has 2 saturated heterocycles. The zero-order valence-corrected chi connectivity index (χ0v) is 13.0. The highest BCUT2D eigenvalue weighted by Crippen LogP contribution is 2.26. The highest BCUT2D eigenvalue weighted by atomic mass is 16.5. The Morgan fingerprint density at radius 1 is 1.32 bits per heavy atom. The lowest BCUT2D eigenvalue weighted by molar-refractivity contribution is 0.144. The van der Waals surface area contributed by atoms with Gasteiger partial charge in [0.05, 0.1) is 6.61 Å². The minimum atomic E-state index is 0.627. The van der Waals surface area contributed by atoms with Crippen molar-refractivity contribution in [3.63, 3.8) is 0 Å². The molecule has 0 aromatic carbocycles. The summed E-state index contributed by atoms with van der Waals surface area (Å²) in [6.45, 7) is 12.6. The van der Waals surface area contributed by atoms with Crippen molar-refractivity contribution in [3.05, 3.63) is 0 Å². The van der Waals surface area contributed by atoms with Gasteiger partial charge in [0.25, 0.3) is 0 Å². The van der Waals surface area contributed by atoms with Crippen LogP contribution >= 0.6 is 0 Å². The van der Waals surface area contributed by atoms with Gasteiger partial charge in [0.2, 0.25) is 0 Å². The number of ether oxygens (including phenoxy) is 1. The van der Waals surface area contributed by atoms with E-state index < -0.39 is 0 Å². The Hall–Kier alpha value is -0.120. The first-order valence-electron chi connectivity index (χ1n) is 8.27. The van der Waals surface area contributed by atoms with Gasteiger partial charge in [-0.2, -0.15) is 0 Å². The maximum atomic E-state index is 5.60.